The van der Waals surface area contributed by atoms with Crippen LogP contribution in [0.15, 0.2) is 91.0 Å². The minimum absolute atomic E-state index is 0.0635. The number of carbonyl (C=O) groups is 4. The first kappa shape index (κ1) is 32.7. The van der Waals surface area contributed by atoms with E-state index in [0.717, 1.165) is 58.5 Å². The first-order valence-corrected chi connectivity index (χ1v) is 16.4. The van der Waals surface area contributed by atoms with Gasteiger partial charge in [0.05, 0.1) is 19.1 Å². The SMILES string of the molecule is CC(=O)N1CCCc2cc(-c3ccc(C(=O)NCc4ccc(-c5ccc(CC(=O)NCC(=O)N6CCC(O)C6)cc5)cc4)cc3)ccc21. The van der Waals surface area contributed by atoms with Gasteiger partial charge in [-0.2, -0.15) is 0 Å². The number of β-amino-alcohol motifs (C(OH)–C–C–N with tert-alkyl or cyclic N) is 1. The standard InChI is InChI=1S/C39H40N4O5/c1-26(44)43-19-2-3-34-22-33(16-17-36(34)43)31-12-14-32(15-13-31)39(48)41-23-28-6-10-30(11-7-28)29-8-4-27(5-9-29)21-37(46)40-24-38(47)42-20-18-35(45)25-42/h4-17,22,35,45H,2-3,18-21,23-25H2,1H3,(H,40,46)(H,41,48). The monoisotopic (exact) mass is 644 g/mol. The molecular weight excluding hydrogens is 604 g/mol. The van der Waals surface area contributed by atoms with Crippen LogP contribution in [0.5, 0.6) is 0 Å². The number of hydrogen-bond donors (Lipinski definition) is 3. The smallest absolute Gasteiger partial charge is 0.251 e. The molecule has 6 rings (SSSR count). The molecule has 246 valence electrons. The maximum atomic E-state index is 12.9. The van der Waals surface area contributed by atoms with E-state index in [9.17, 15) is 24.3 Å². The summed E-state index contributed by atoms with van der Waals surface area (Å²) >= 11 is 0. The second-order valence-electron chi connectivity index (χ2n) is 12.5. The van der Waals surface area contributed by atoms with Crippen molar-refractivity contribution in [2.75, 3.05) is 31.1 Å². The Kier molecular flexibility index (Phi) is 9.96. The molecule has 9 heteroatoms. The van der Waals surface area contributed by atoms with Crippen molar-refractivity contribution in [2.24, 2.45) is 0 Å². The zero-order chi connectivity index (χ0) is 33.6. The van der Waals surface area contributed by atoms with E-state index in [2.05, 4.69) is 16.7 Å². The van der Waals surface area contributed by atoms with Crippen LogP contribution in [-0.4, -0.2) is 65.9 Å². The number of benzene rings is 4. The second kappa shape index (κ2) is 14.6. The summed E-state index contributed by atoms with van der Waals surface area (Å²) in [7, 11) is 0. The Morgan fingerprint density at radius 2 is 1.40 bits per heavy atom. The Bertz CT molecular complexity index is 1800. The van der Waals surface area contributed by atoms with Gasteiger partial charge in [-0.1, -0.05) is 66.7 Å². The maximum Gasteiger partial charge on any atom is 0.251 e. The van der Waals surface area contributed by atoms with Gasteiger partial charge in [0.25, 0.3) is 5.91 Å². The summed E-state index contributed by atoms with van der Waals surface area (Å²) in [6.45, 7) is 3.53. The summed E-state index contributed by atoms with van der Waals surface area (Å²) in [5.74, 6) is -0.490. The van der Waals surface area contributed by atoms with Gasteiger partial charge in [0, 0.05) is 44.4 Å². The van der Waals surface area contributed by atoms with Gasteiger partial charge in [-0.05, 0) is 82.5 Å². The highest BCUT2D eigenvalue weighted by Crippen LogP contribution is 2.32. The Hall–Kier alpha value is -5.28. The third kappa shape index (κ3) is 7.81. The zero-order valence-electron chi connectivity index (χ0n) is 27.1. The number of rotatable bonds is 9. The lowest BCUT2D eigenvalue weighted by molar-refractivity contribution is -0.132. The van der Waals surface area contributed by atoms with Crippen LogP contribution in [0.4, 0.5) is 5.69 Å². The molecule has 0 aliphatic carbocycles. The van der Waals surface area contributed by atoms with Crippen LogP contribution >= 0.6 is 0 Å². The van der Waals surface area contributed by atoms with Gasteiger partial charge >= 0.3 is 0 Å². The minimum Gasteiger partial charge on any atom is -0.391 e. The van der Waals surface area contributed by atoms with E-state index in [4.69, 9.17) is 0 Å². The van der Waals surface area contributed by atoms with Gasteiger partial charge in [0.2, 0.25) is 17.7 Å². The summed E-state index contributed by atoms with van der Waals surface area (Å²) in [5.41, 5.74) is 8.68. The van der Waals surface area contributed by atoms with E-state index in [1.54, 1.807) is 11.8 Å². The third-order valence-corrected chi connectivity index (χ3v) is 9.07. The highest BCUT2D eigenvalue weighted by molar-refractivity contribution is 5.95. The lowest BCUT2D eigenvalue weighted by Crippen LogP contribution is -2.39. The molecule has 0 saturated carbocycles. The Morgan fingerprint density at radius 3 is 2.04 bits per heavy atom. The minimum atomic E-state index is -0.481. The van der Waals surface area contributed by atoms with Gasteiger partial charge < -0.3 is 25.5 Å². The molecule has 4 amide bonds. The lowest BCUT2D eigenvalue weighted by Gasteiger charge is -2.29. The first-order chi connectivity index (χ1) is 23.2. The fourth-order valence-electron chi connectivity index (χ4n) is 6.33. The van der Waals surface area contributed by atoms with Gasteiger partial charge in [0.15, 0.2) is 0 Å². The lowest BCUT2D eigenvalue weighted by atomic mass is 9.95. The molecule has 2 aliphatic rings. The van der Waals surface area contributed by atoms with Gasteiger partial charge in [-0.3, -0.25) is 19.2 Å². The van der Waals surface area contributed by atoms with Crippen molar-refractivity contribution in [1.29, 1.82) is 0 Å². The average molecular weight is 645 g/mol. The van der Waals surface area contributed by atoms with E-state index in [1.807, 2.05) is 89.8 Å². The van der Waals surface area contributed by atoms with Crippen LogP contribution in [0.1, 0.15) is 46.8 Å². The van der Waals surface area contributed by atoms with Crippen LogP contribution < -0.4 is 15.5 Å². The first-order valence-electron chi connectivity index (χ1n) is 16.4. The molecule has 0 bridgehead atoms. The molecule has 9 nitrogen and oxygen atoms in total. The maximum absolute atomic E-state index is 12.9. The van der Waals surface area contributed by atoms with Crippen LogP contribution in [0.25, 0.3) is 22.3 Å². The molecule has 0 aromatic heterocycles. The van der Waals surface area contributed by atoms with Crippen molar-refractivity contribution in [3.63, 3.8) is 0 Å². The zero-order valence-corrected chi connectivity index (χ0v) is 27.1. The van der Waals surface area contributed by atoms with Gasteiger partial charge in [-0.25, -0.2) is 0 Å². The number of fused-ring (bicyclic) bond motifs is 1. The molecule has 0 radical (unpaired) electrons. The third-order valence-electron chi connectivity index (χ3n) is 9.07. The normalized spacial score (nSPS) is 15.5. The number of nitrogens with zero attached hydrogens (tertiary/aromatic N) is 2. The van der Waals surface area contributed by atoms with Crippen molar-refractivity contribution >= 4 is 29.3 Å². The number of carbonyl (C=O) groups excluding carboxylic acids is 4. The van der Waals surface area contributed by atoms with Gasteiger partial charge in [-0.15, -0.1) is 0 Å². The quantitative estimate of drug-likeness (QED) is 0.248. The van der Waals surface area contributed by atoms with Crippen molar-refractivity contribution < 1.29 is 24.3 Å². The molecule has 1 fully saturated rings. The summed E-state index contributed by atoms with van der Waals surface area (Å²) < 4.78 is 0. The molecule has 4 aromatic carbocycles. The number of amides is 4. The highest BCUT2D eigenvalue weighted by Gasteiger charge is 2.24. The molecule has 3 N–H and O–H groups in total. The average Bonchev–Trinajstić information content (AvgIpc) is 3.56. The fourth-order valence-corrected chi connectivity index (χ4v) is 6.33. The summed E-state index contributed by atoms with van der Waals surface area (Å²) in [6, 6.07) is 29.5. The van der Waals surface area contributed by atoms with E-state index < -0.39 is 6.10 Å². The molecule has 2 aliphatic heterocycles. The molecule has 1 atom stereocenters. The number of anilines is 1. The predicted molar refractivity (Wildman–Crippen MR) is 185 cm³/mol. The summed E-state index contributed by atoms with van der Waals surface area (Å²) in [5, 5.41) is 15.3. The van der Waals surface area contributed by atoms with Crippen LogP contribution in [0.3, 0.4) is 0 Å². The molecule has 4 aromatic rings. The number of hydrogen-bond acceptors (Lipinski definition) is 5. The summed E-state index contributed by atoms with van der Waals surface area (Å²) in [6.07, 6.45) is 2.16. The van der Waals surface area contributed by atoms with E-state index in [0.29, 0.717) is 31.6 Å². The van der Waals surface area contributed by atoms with Crippen LogP contribution in [-0.2, 0) is 33.8 Å². The molecule has 48 heavy (non-hydrogen) atoms. The van der Waals surface area contributed by atoms with Crippen molar-refractivity contribution in [2.45, 2.75) is 45.3 Å². The molecule has 0 spiro atoms. The number of aliphatic hydroxyl groups is 1. The molecule has 1 saturated heterocycles. The second-order valence-corrected chi connectivity index (χ2v) is 12.5. The van der Waals surface area contributed by atoms with E-state index >= 15 is 0 Å². The molecular formula is C39H40N4O5. The topological polar surface area (TPSA) is 119 Å². The number of aliphatic hydroxyl groups excluding tert-OH is 1. The van der Waals surface area contributed by atoms with Crippen LogP contribution in [0, 0.1) is 0 Å². The number of aryl methyl sites for hydroxylation is 1. The predicted octanol–water partition coefficient (Wildman–Crippen LogP) is 4.50. The fraction of sp³-hybridized carbons (Fsp3) is 0.282. The highest BCUT2D eigenvalue weighted by atomic mass is 16.3. The Labute approximate surface area is 280 Å². The van der Waals surface area contributed by atoms with Crippen molar-refractivity contribution in [1.82, 2.24) is 15.5 Å². The Balaban J connectivity index is 0.976. The Morgan fingerprint density at radius 1 is 0.771 bits per heavy atom. The van der Waals surface area contributed by atoms with Crippen LogP contribution in [0.2, 0.25) is 0 Å². The van der Waals surface area contributed by atoms with E-state index in [-0.39, 0.29) is 36.6 Å². The van der Waals surface area contributed by atoms with Crippen molar-refractivity contribution in [3.8, 4) is 22.3 Å². The van der Waals surface area contributed by atoms with E-state index in [1.165, 1.54) is 5.56 Å². The summed E-state index contributed by atoms with van der Waals surface area (Å²) in [4.78, 5) is 52.9. The van der Waals surface area contributed by atoms with Crippen molar-refractivity contribution in [3.05, 3.63) is 113 Å². The number of nitrogens with one attached hydrogen (secondary N) is 2. The molecule has 2 heterocycles. The number of likely N-dealkylation sites (tertiary alicyclic amines) is 1. The molecule has 1 unspecified atom stereocenters. The van der Waals surface area contributed by atoms with Gasteiger partial charge in [0.1, 0.15) is 0 Å². The largest absolute Gasteiger partial charge is 0.391 e.